The van der Waals surface area contributed by atoms with Crippen LogP contribution in [0.4, 0.5) is 4.39 Å². The van der Waals surface area contributed by atoms with E-state index in [4.69, 9.17) is 21.1 Å². The minimum Gasteiger partial charge on any atom is -0.492 e. The molecular weight excluding hydrogens is 235 g/mol. The van der Waals surface area contributed by atoms with Gasteiger partial charge in [0, 0.05) is 12.0 Å². The highest BCUT2D eigenvalue weighted by Gasteiger charge is 2.19. The first-order valence-electron chi connectivity index (χ1n) is 4.78. The van der Waals surface area contributed by atoms with E-state index in [-0.39, 0.29) is 16.5 Å². The fourth-order valence-corrected chi connectivity index (χ4v) is 1.73. The number of hydrogen-bond donors (Lipinski definition) is 1. The summed E-state index contributed by atoms with van der Waals surface area (Å²) in [7, 11) is 2.75. The number of ether oxygens (including phenoxy) is 2. The van der Waals surface area contributed by atoms with Crippen molar-refractivity contribution in [1.29, 1.82) is 0 Å². The quantitative estimate of drug-likeness (QED) is 0.889. The van der Waals surface area contributed by atoms with E-state index in [1.165, 1.54) is 20.3 Å². The summed E-state index contributed by atoms with van der Waals surface area (Å²) in [4.78, 5) is 0. The Morgan fingerprint density at radius 1 is 1.38 bits per heavy atom. The molecule has 1 aromatic carbocycles. The highest BCUT2D eigenvalue weighted by atomic mass is 35.5. The summed E-state index contributed by atoms with van der Waals surface area (Å²) in [5.41, 5.74) is 0.612. The lowest BCUT2D eigenvalue weighted by atomic mass is 10.1. The van der Waals surface area contributed by atoms with Crippen LogP contribution in [0, 0.1) is 5.82 Å². The van der Waals surface area contributed by atoms with E-state index in [0.29, 0.717) is 12.0 Å². The van der Waals surface area contributed by atoms with Crippen LogP contribution >= 0.6 is 11.6 Å². The van der Waals surface area contributed by atoms with E-state index in [0.717, 1.165) is 0 Å². The summed E-state index contributed by atoms with van der Waals surface area (Å²) in [6, 6.07) is 1.44. The molecule has 0 aromatic heterocycles. The number of benzene rings is 1. The Balaban J connectivity index is 3.31. The van der Waals surface area contributed by atoms with Gasteiger partial charge >= 0.3 is 0 Å². The lowest BCUT2D eigenvalue weighted by molar-refractivity contribution is 0.193. The van der Waals surface area contributed by atoms with Crippen LogP contribution in [0.2, 0.25) is 5.02 Å². The van der Waals surface area contributed by atoms with E-state index in [1.807, 2.05) is 0 Å². The summed E-state index contributed by atoms with van der Waals surface area (Å²) < 4.78 is 23.5. The second-order valence-corrected chi connectivity index (χ2v) is 3.86. The standard InChI is InChI=1S/C11H14ClFO3/c1-6(14)4-7-5-8(12)9(13)11(16-3)10(7)15-2/h5-6,14H,4H2,1-3H3. The molecule has 0 amide bonds. The first-order chi connectivity index (χ1) is 7.51. The van der Waals surface area contributed by atoms with Gasteiger partial charge in [0.25, 0.3) is 0 Å². The van der Waals surface area contributed by atoms with Crippen LogP contribution in [-0.2, 0) is 6.42 Å². The van der Waals surface area contributed by atoms with E-state index >= 15 is 0 Å². The number of aliphatic hydroxyl groups excluding tert-OH is 1. The van der Waals surface area contributed by atoms with Gasteiger partial charge in [-0.1, -0.05) is 11.6 Å². The van der Waals surface area contributed by atoms with Gasteiger partial charge in [-0.3, -0.25) is 0 Å². The Labute approximate surface area is 98.7 Å². The highest BCUT2D eigenvalue weighted by molar-refractivity contribution is 6.31. The average molecular weight is 249 g/mol. The molecule has 1 rings (SSSR count). The fraction of sp³-hybridized carbons (Fsp3) is 0.455. The van der Waals surface area contributed by atoms with Gasteiger partial charge in [0.1, 0.15) is 0 Å². The molecule has 16 heavy (non-hydrogen) atoms. The maximum absolute atomic E-state index is 13.6. The van der Waals surface area contributed by atoms with Crippen LogP contribution in [0.1, 0.15) is 12.5 Å². The van der Waals surface area contributed by atoms with Crippen molar-refractivity contribution in [3.63, 3.8) is 0 Å². The van der Waals surface area contributed by atoms with Crippen LogP contribution in [0.25, 0.3) is 0 Å². The number of halogens is 2. The Kier molecular flexibility index (Phi) is 4.38. The molecule has 0 aliphatic rings. The molecule has 0 bridgehead atoms. The second kappa shape index (κ2) is 5.37. The molecule has 3 nitrogen and oxygen atoms in total. The largest absolute Gasteiger partial charge is 0.492 e. The van der Waals surface area contributed by atoms with Gasteiger partial charge in [-0.25, -0.2) is 4.39 Å². The molecule has 0 saturated heterocycles. The number of rotatable bonds is 4. The minimum absolute atomic E-state index is 0.0364. The van der Waals surface area contributed by atoms with Crippen molar-refractivity contribution in [3.05, 3.63) is 22.5 Å². The lowest BCUT2D eigenvalue weighted by Gasteiger charge is -2.15. The minimum atomic E-state index is -0.657. The molecule has 0 saturated carbocycles. The monoisotopic (exact) mass is 248 g/mol. The third-order valence-corrected chi connectivity index (χ3v) is 2.41. The molecular formula is C11H14ClFO3. The third kappa shape index (κ3) is 2.57. The Morgan fingerprint density at radius 3 is 2.38 bits per heavy atom. The summed E-state index contributed by atoms with van der Waals surface area (Å²) in [6.07, 6.45) is -0.250. The molecule has 1 aromatic rings. The smallest absolute Gasteiger partial charge is 0.198 e. The molecule has 5 heteroatoms. The molecule has 0 aliphatic heterocycles. The molecule has 90 valence electrons. The lowest BCUT2D eigenvalue weighted by Crippen LogP contribution is -2.07. The van der Waals surface area contributed by atoms with Gasteiger partial charge < -0.3 is 14.6 Å². The van der Waals surface area contributed by atoms with E-state index in [1.54, 1.807) is 6.92 Å². The normalized spacial score (nSPS) is 12.4. The third-order valence-electron chi connectivity index (χ3n) is 2.13. The van der Waals surface area contributed by atoms with Crippen LogP contribution in [0.5, 0.6) is 11.5 Å². The van der Waals surface area contributed by atoms with Crippen molar-refractivity contribution >= 4 is 11.6 Å². The van der Waals surface area contributed by atoms with Gasteiger partial charge in [0.2, 0.25) is 0 Å². The Hall–Kier alpha value is -1.00. The van der Waals surface area contributed by atoms with E-state index in [9.17, 15) is 9.50 Å². The molecule has 1 N–H and O–H groups in total. The van der Waals surface area contributed by atoms with Crippen LogP contribution in [-0.4, -0.2) is 25.4 Å². The fourth-order valence-electron chi connectivity index (χ4n) is 1.51. The molecule has 0 radical (unpaired) electrons. The van der Waals surface area contributed by atoms with Crippen molar-refractivity contribution in [2.24, 2.45) is 0 Å². The van der Waals surface area contributed by atoms with Gasteiger partial charge in [0.15, 0.2) is 17.3 Å². The number of hydrogen-bond acceptors (Lipinski definition) is 3. The van der Waals surface area contributed by atoms with Crippen molar-refractivity contribution in [2.75, 3.05) is 14.2 Å². The number of methoxy groups -OCH3 is 2. The average Bonchev–Trinajstić information content (AvgIpc) is 2.21. The van der Waals surface area contributed by atoms with E-state index in [2.05, 4.69) is 0 Å². The zero-order chi connectivity index (χ0) is 12.3. The second-order valence-electron chi connectivity index (χ2n) is 3.45. The Bertz CT molecular complexity index is 380. The van der Waals surface area contributed by atoms with Crippen molar-refractivity contribution < 1.29 is 19.0 Å². The molecule has 0 heterocycles. The SMILES string of the molecule is COc1c(CC(C)O)cc(Cl)c(F)c1OC. The molecule has 1 atom stereocenters. The van der Waals surface area contributed by atoms with Gasteiger partial charge in [0.05, 0.1) is 25.3 Å². The zero-order valence-electron chi connectivity index (χ0n) is 9.38. The Morgan fingerprint density at radius 2 is 1.94 bits per heavy atom. The summed E-state index contributed by atoms with van der Waals surface area (Å²) in [5, 5.41) is 9.27. The van der Waals surface area contributed by atoms with Crippen LogP contribution < -0.4 is 9.47 Å². The molecule has 0 fully saturated rings. The van der Waals surface area contributed by atoms with E-state index < -0.39 is 11.9 Å². The highest BCUT2D eigenvalue weighted by Crippen LogP contribution is 2.38. The molecule has 0 spiro atoms. The van der Waals surface area contributed by atoms with Gasteiger partial charge in [-0.15, -0.1) is 0 Å². The van der Waals surface area contributed by atoms with Gasteiger partial charge in [-0.2, -0.15) is 0 Å². The summed E-state index contributed by atoms with van der Waals surface area (Å²) in [6.45, 7) is 1.63. The summed E-state index contributed by atoms with van der Waals surface area (Å²) in [5.74, 6) is -0.425. The predicted molar refractivity (Wildman–Crippen MR) is 59.9 cm³/mol. The van der Waals surface area contributed by atoms with Gasteiger partial charge in [-0.05, 0) is 13.0 Å². The maximum atomic E-state index is 13.6. The maximum Gasteiger partial charge on any atom is 0.198 e. The van der Waals surface area contributed by atoms with Crippen molar-refractivity contribution in [2.45, 2.75) is 19.4 Å². The zero-order valence-corrected chi connectivity index (χ0v) is 10.1. The van der Waals surface area contributed by atoms with Crippen molar-refractivity contribution in [1.82, 2.24) is 0 Å². The summed E-state index contributed by atoms with van der Waals surface area (Å²) >= 11 is 5.72. The number of aliphatic hydroxyl groups is 1. The predicted octanol–water partition coefficient (Wildman–Crippen LogP) is 2.42. The van der Waals surface area contributed by atoms with Crippen LogP contribution in [0.3, 0.4) is 0 Å². The first-order valence-corrected chi connectivity index (χ1v) is 5.16. The van der Waals surface area contributed by atoms with Crippen LogP contribution in [0.15, 0.2) is 6.07 Å². The topological polar surface area (TPSA) is 38.7 Å². The molecule has 1 unspecified atom stereocenters. The molecule has 0 aliphatic carbocycles. The van der Waals surface area contributed by atoms with Crippen molar-refractivity contribution in [3.8, 4) is 11.5 Å². The first kappa shape index (κ1) is 13.1.